The molecule has 0 saturated carbocycles. The molecule has 2 amide bonds. The minimum Gasteiger partial charge on any atom is -0.454 e. The lowest BCUT2D eigenvalue weighted by atomic mass is 10.1. The zero-order valence-corrected chi connectivity index (χ0v) is 17.8. The zero-order valence-electron chi connectivity index (χ0n) is 17.8. The SMILES string of the molecule is Cc1cccc(N2CC(C(=O)N3CCN(Cc4ccc5c(c4)OCO5)CC3)CC2=O)c1. The smallest absolute Gasteiger partial charge is 0.231 e. The Balaban J connectivity index is 1.15. The van der Waals surface area contributed by atoms with Gasteiger partial charge in [-0.05, 0) is 42.3 Å². The number of aryl methyl sites for hydroxylation is 1. The number of fused-ring (bicyclic) bond motifs is 1. The second-order valence-electron chi connectivity index (χ2n) is 8.53. The molecule has 2 aromatic carbocycles. The first-order valence-corrected chi connectivity index (χ1v) is 10.8. The Labute approximate surface area is 182 Å². The van der Waals surface area contributed by atoms with Gasteiger partial charge in [-0.25, -0.2) is 0 Å². The molecular formula is C24H27N3O4. The molecule has 0 aliphatic carbocycles. The third-order valence-electron chi connectivity index (χ3n) is 6.31. The summed E-state index contributed by atoms with van der Waals surface area (Å²) in [5.41, 5.74) is 3.17. The molecule has 1 unspecified atom stereocenters. The van der Waals surface area contributed by atoms with Crippen molar-refractivity contribution < 1.29 is 19.1 Å². The topological polar surface area (TPSA) is 62.3 Å². The average Bonchev–Trinajstić information content (AvgIpc) is 3.40. The van der Waals surface area contributed by atoms with Gasteiger partial charge in [0.1, 0.15) is 0 Å². The van der Waals surface area contributed by atoms with Crippen LogP contribution in [0.1, 0.15) is 17.5 Å². The number of rotatable bonds is 4. The molecule has 0 bridgehead atoms. The maximum atomic E-state index is 13.1. The third kappa shape index (κ3) is 4.10. The highest BCUT2D eigenvalue weighted by atomic mass is 16.7. The monoisotopic (exact) mass is 421 g/mol. The van der Waals surface area contributed by atoms with Crippen LogP contribution in [-0.2, 0) is 16.1 Å². The van der Waals surface area contributed by atoms with Gasteiger partial charge in [-0.2, -0.15) is 0 Å². The van der Waals surface area contributed by atoms with E-state index in [1.165, 1.54) is 5.56 Å². The number of hydrogen-bond donors (Lipinski definition) is 0. The molecule has 2 fully saturated rings. The van der Waals surface area contributed by atoms with E-state index in [1.807, 2.05) is 48.2 Å². The highest BCUT2D eigenvalue weighted by molar-refractivity contribution is 6.00. The van der Waals surface area contributed by atoms with E-state index in [0.717, 1.165) is 42.4 Å². The molecule has 31 heavy (non-hydrogen) atoms. The van der Waals surface area contributed by atoms with Gasteiger partial charge in [0.25, 0.3) is 0 Å². The number of benzene rings is 2. The fourth-order valence-electron chi connectivity index (χ4n) is 4.60. The molecule has 7 heteroatoms. The summed E-state index contributed by atoms with van der Waals surface area (Å²) in [5, 5.41) is 0. The van der Waals surface area contributed by atoms with Crippen LogP contribution < -0.4 is 14.4 Å². The molecule has 0 N–H and O–H groups in total. The lowest BCUT2D eigenvalue weighted by Gasteiger charge is -2.36. The summed E-state index contributed by atoms with van der Waals surface area (Å²) in [6, 6.07) is 13.9. The largest absolute Gasteiger partial charge is 0.454 e. The predicted octanol–water partition coefficient (Wildman–Crippen LogP) is 2.42. The van der Waals surface area contributed by atoms with E-state index in [-0.39, 0.29) is 24.5 Å². The molecule has 7 nitrogen and oxygen atoms in total. The maximum Gasteiger partial charge on any atom is 0.231 e. The van der Waals surface area contributed by atoms with Gasteiger partial charge in [0, 0.05) is 51.4 Å². The Morgan fingerprint density at radius 1 is 1.03 bits per heavy atom. The van der Waals surface area contributed by atoms with Crippen LogP contribution >= 0.6 is 0 Å². The number of ether oxygens (including phenoxy) is 2. The van der Waals surface area contributed by atoms with Gasteiger partial charge in [-0.3, -0.25) is 14.5 Å². The lowest BCUT2D eigenvalue weighted by molar-refractivity contribution is -0.137. The summed E-state index contributed by atoms with van der Waals surface area (Å²) in [4.78, 5) is 31.7. The van der Waals surface area contributed by atoms with E-state index < -0.39 is 0 Å². The summed E-state index contributed by atoms with van der Waals surface area (Å²) in [6.45, 7) is 6.61. The van der Waals surface area contributed by atoms with E-state index >= 15 is 0 Å². The number of carbonyl (C=O) groups is 2. The molecule has 1 atom stereocenters. The van der Waals surface area contributed by atoms with Gasteiger partial charge in [0.2, 0.25) is 18.6 Å². The van der Waals surface area contributed by atoms with Crippen molar-refractivity contribution >= 4 is 17.5 Å². The maximum absolute atomic E-state index is 13.1. The average molecular weight is 421 g/mol. The van der Waals surface area contributed by atoms with Crippen LogP contribution in [0.4, 0.5) is 5.69 Å². The Kier molecular flexibility index (Phi) is 5.28. The van der Waals surface area contributed by atoms with Crippen molar-refractivity contribution in [2.24, 2.45) is 5.92 Å². The molecular weight excluding hydrogens is 394 g/mol. The summed E-state index contributed by atoms with van der Waals surface area (Å²) in [7, 11) is 0. The summed E-state index contributed by atoms with van der Waals surface area (Å²) >= 11 is 0. The highest BCUT2D eigenvalue weighted by Crippen LogP contribution is 2.33. The second-order valence-corrected chi connectivity index (χ2v) is 8.53. The van der Waals surface area contributed by atoms with E-state index in [4.69, 9.17) is 9.47 Å². The van der Waals surface area contributed by atoms with Crippen molar-refractivity contribution in [3.05, 3.63) is 53.6 Å². The number of piperazine rings is 1. The molecule has 3 heterocycles. The molecule has 2 aromatic rings. The highest BCUT2D eigenvalue weighted by Gasteiger charge is 2.38. The first kappa shape index (κ1) is 19.9. The van der Waals surface area contributed by atoms with Crippen LogP contribution in [0.25, 0.3) is 0 Å². The van der Waals surface area contributed by atoms with Crippen molar-refractivity contribution in [3.63, 3.8) is 0 Å². The quantitative estimate of drug-likeness (QED) is 0.759. The van der Waals surface area contributed by atoms with Gasteiger partial charge < -0.3 is 19.3 Å². The summed E-state index contributed by atoms with van der Waals surface area (Å²) in [6.07, 6.45) is 0.296. The Bertz CT molecular complexity index is 1000. The molecule has 5 rings (SSSR count). The van der Waals surface area contributed by atoms with E-state index in [1.54, 1.807) is 4.90 Å². The van der Waals surface area contributed by atoms with Gasteiger partial charge >= 0.3 is 0 Å². The number of anilines is 1. The Morgan fingerprint density at radius 3 is 2.65 bits per heavy atom. The van der Waals surface area contributed by atoms with Crippen LogP contribution in [0.5, 0.6) is 11.5 Å². The van der Waals surface area contributed by atoms with Gasteiger partial charge in [-0.1, -0.05) is 18.2 Å². The number of hydrogen-bond acceptors (Lipinski definition) is 5. The van der Waals surface area contributed by atoms with Crippen molar-refractivity contribution in [1.29, 1.82) is 0 Å². The Hall–Kier alpha value is -3.06. The standard InChI is InChI=1S/C24H27N3O4/c1-17-3-2-4-20(11-17)27-15-19(13-23(27)28)24(29)26-9-7-25(8-10-26)14-18-5-6-21-22(12-18)31-16-30-21/h2-6,11-12,19H,7-10,13-16H2,1H3. The van der Waals surface area contributed by atoms with Crippen LogP contribution in [0.2, 0.25) is 0 Å². The number of nitrogens with zero attached hydrogens (tertiary/aromatic N) is 3. The van der Waals surface area contributed by atoms with Crippen LogP contribution in [0, 0.1) is 12.8 Å². The fourth-order valence-corrected chi connectivity index (χ4v) is 4.60. The molecule has 2 saturated heterocycles. The molecule has 3 aliphatic rings. The van der Waals surface area contributed by atoms with Crippen molar-refractivity contribution in [2.45, 2.75) is 19.9 Å². The summed E-state index contributed by atoms with van der Waals surface area (Å²) in [5.74, 6) is 1.48. The van der Waals surface area contributed by atoms with Crippen LogP contribution in [0.3, 0.4) is 0 Å². The van der Waals surface area contributed by atoms with Crippen molar-refractivity contribution in [1.82, 2.24) is 9.80 Å². The van der Waals surface area contributed by atoms with E-state index in [0.29, 0.717) is 26.1 Å². The van der Waals surface area contributed by atoms with Crippen LogP contribution in [-0.4, -0.2) is 61.1 Å². The molecule has 0 aromatic heterocycles. The third-order valence-corrected chi connectivity index (χ3v) is 6.31. The molecule has 3 aliphatic heterocycles. The first-order chi connectivity index (χ1) is 15.1. The summed E-state index contributed by atoms with van der Waals surface area (Å²) < 4.78 is 10.8. The van der Waals surface area contributed by atoms with E-state index in [9.17, 15) is 9.59 Å². The van der Waals surface area contributed by atoms with Crippen molar-refractivity contribution in [3.8, 4) is 11.5 Å². The second kappa shape index (κ2) is 8.23. The number of amides is 2. The Morgan fingerprint density at radius 2 is 1.84 bits per heavy atom. The van der Waals surface area contributed by atoms with Crippen LogP contribution in [0.15, 0.2) is 42.5 Å². The van der Waals surface area contributed by atoms with Crippen molar-refractivity contribution in [2.75, 3.05) is 44.4 Å². The molecule has 0 radical (unpaired) electrons. The first-order valence-electron chi connectivity index (χ1n) is 10.8. The predicted molar refractivity (Wildman–Crippen MR) is 116 cm³/mol. The van der Waals surface area contributed by atoms with Gasteiger partial charge in [0.15, 0.2) is 11.5 Å². The normalized spacial score (nSPS) is 21.1. The fraction of sp³-hybridized carbons (Fsp3) is 0.417. The molecule has 162 valence electrons. The molecule has 0 spiro atoms. The van der Waals surface area contributed by atoms with Gasteiger partial charge in [-0.15, -0.1) is 0 Å². The minimum atomic E-state index is -0.256. The lowest BCUT2D eigenvalue weighted by Crippen LogP contribution is -2.50. The van der Waals surface area contributed by atoms with E-state index in [2.05, 4.69) is 11.0 Å². The minimum absolute atomic E-state index is 0.0328. The number of carbonyl (C=O) groups excluding carboxylic acids is 2. The van der Waals surface area contributed by atoms with Gasteiger partial charge in [0.05, 0.1) is 5.92 Å². The zero-order chi connectivity index (χ0) is 21.4.